The maximum absolute atomic E-state index is 12.4. The van der Waals surface area contributed by atoms with Crippen molar-refractivity contribution in [3.63, 3.8) is 0 Å². The number of likely N-dealkylation sites (N-methyl/N-ethyl adjacent to an activating group) is 2. The van der Waals surface area contributed by atoms with Crippen LogP contribution >= 0.6 is 11.6 Å². The summed E-state index contributed by atoms with van der Waals surface area (Å²) in [5, 5.41) is 0.720. The van der Waals surface area contributed by atoms with Gasteiger partial charge < -0.3 is 4.90 Å². The quantitative estimate of drug-likeness (QED) is 0.802. The fourth-order valence-electron chi connectivity index (χ4n) is 2.59. The van der Waals surface area contributed by atoms with Gasteiger partial charge in [-0.2, -0.15) is 0 Å². The van der Waals surface area contributed by atoms with Gasteiger partial charge in [0.05, 0.1) is 12.6 Å². The predicted molar refractivity (Wildman–Crippen MR) is 87.5 cm³/mol. The summed E-state index contributed by atoms with van der Waals surface area (Å²) < 4.78 is 0. The number of rotatable bonds is 6. The van der Waals surface area contributed by atoms with E-state index in [1.54, 1.807) is 0 Å². The lowest BCUT2D eigenvalue weighted by Crippen LogP contribution is -2.41. The molecule has 1 aromatic carbocycles. The summed E-state index contributed by atoms with van der Waals surface area (Å²) >= 11 is 5.91. The molecule has 1 saturated carbocycles. The minimum Gasteiger partial charge on any atom is -0.338 e. The number of benzene rings is 1. The number of hydrogen-bond acceptors (Lipinski definition) is 2. The van der Waals surface area contributed by atoms with Crippen molar-refractivity contribution in [2.24, 2.45) is 5.92 Å². The maximum atomic E-state index is 12.4. The molecular formula is C17H25ClN2O. The van der Waals surface area contributed by atoms with Gasteiger partial charge in [-0.25, -0.2) is 0 Å². The molecule has 2 atom stereocenters. The minimum absolute atomic E-state index is 0.0550. The Bertz CT molecular complexity index is 484. The van der Waals surface area contributed by atoms with Gasteiger partial charge in [0.2, 0.25) is 5.91 Å². The Morgan fingerprint density at radius 1 is 1.24 bits per heavy atom. The third-order valence-electron chi connectivity index (χ3n) is 4.71. The van der Waals surface area contributed by atoms with Crippen molar-refractivity contribution in [2.75, 3.05) is 20.6 Å². The van der Waals surface area contributed by atoms with Gasteiger partial charge in [-0.15, -0.1) is 0 Å². The van der Waals surface area contributed by atoms with E-state index in [1.807, 2.05) is 50.2 Å². The molecule has 0 spiro atoms. The van der Waals surface area contributed by atoms with E-state index in [-0.39, 0.29) is 11.9 Å². The van der Waals surface area contributed by atoms with Gasteiger partial charge in [0.1, 0.15) is 0 Å². The molecule has 0 saturated heterocycles. The maximum Gasteiger partial charge on any atom is 0.236 e. The molecule has 2 rings (SSSR count). The third kappa shape index (κ3) is 4.21. The second-order valence-electron chi connectivity index (χ2n) is 6.23. The van der Waals surface area contributed by atoms with Crippen LogP contribution in [0.4, 0.5) is 0 Å². The number of hydrogen-bond donors (Lipinski definition) is 0. The van der Waals surface area contributed by atoms with E-state index in [4.69, 9.17) is 11.6 Å². The van der Waals surface area contributed by atoms with Gasteiger partial charge in [0.25, 0.3) is 0 Å². The summed E-state index contributed by atoms with van der Waals surface area (Å²) in [6.45, 7) is 4.74. The summed E-state index contributed by atoms with van der Waals surface area (Å²) in [7, 11) is 3.92. The molecule has 1 aliphatic carbocycles. The van der Waals surface area contributed by atoms with Gasteiger partial charge in [-0.3, -0.25) is 9.69 Å². The largest absolute Gasteiger partial charge is 0.338 e. The standard InChI is InChI=1S/C17H25ClN2O/c1-12(14-5-6-14)19(3)11-17(21)20(4)13(2)15-7-9-16(18)10-8-15/h7-10,12-14H,5-6,11H2,1-4H3/t12-,13+/m0/s1. The molecule has 0 aliphatic heterocycles. The molecule has 1 fully saturated rings. The van der Waals surface area contributed by atoms with E-state index in [1.165, 1.54) is 12.8 Å². The van der Waals surface area contributed by atoms with Gasteiger partial charge in [-0.1, -0.05) is 23.7 Å². The molecule has 0 aromatic heterocycles. The Kier molecular flexibility index (Phi) is 5.28. The number of carbonyl (C=O) groups is 1. The molecule has 3 nitrogen and oxygen atoms in total. The number of halogens is 1. The van der Waals surface area contributed by atoms with Crippen LogP contribution in [0.2, 0.25) is 5.02 Å². The molecule has 0 heterocycles. The van der Waals surface area contributed by atoms with E-state index in [0.29, 0.717) is 12.6 Å². The first kappa shape index (κ1) is 16.3. The number of nitrogens with zero attached hydrogens (tertiary/aromatic N) is 2. The van der Waals surface area contributed by atoms with Crippen LogP contribution in [0.25, 0.3) is 0 Å². The normalized spacial score (nSPS) is 17.6. The fraction of sp³-hybridized carbons (Fsp3) is 0.588. The Balaban J connectivity index is 1.93. The van der Waals surface area contributed by atoms with Gasteiger partial charge in [0, 0.05) is 18.1 Å². The fourth-order valence-corrected chi connectivity index (χ4v) is 2.71. The number of carbonyl (C=O) groups excluding carboxylic acids is 1. The van der Waals surface area contributed by atoms with Gasteiger partial charge in [0.15, 0.2) is 0 Å². The molecule has 0 unspecified atom stereocenters. The summed E-state index contributed by atoms with van der Waals surface area (Å²) in [6.07, 6.45) is 2.60. The Hall–Kier alpha value is -1.06. The summed E-state index contributed by atoms with van der Waals surface area (Å²) in [4.78, 5) is 16.4. The van der Waals surface area contributed by atoms with E-state index in [0.717, 1.165) is 16.5 Å². The molecule has 0 N–H and O–H groups in total. The molecule has 0 bridgehead atoms. The zero-order valence-corrected chi connectivity index (χ0v) is 14.1. The topological polar surface area (TPSA) is 23.6 Å². The van der Waals surface area contributed by atoms with Crippen LogP contribution in [0.5, 0.6) is 0 Å². The van der Waals surface area contributed by atoms with Crippen LogP contribution in [0.1, 0.15) is 38.3 Å². The Labute approximate surface area is 132 Å². The van der Waals surface area contributed by atoms with Crippen molar-refractivity contribution < 1.29 is 4.79 Å². The second-order valence-corrected chi connectivity index (χ2v) is 6.66. The summed E-state index contributed by atoms with van der Waals surface area (Å²) in [6, 6.07) is 8.24. The number of amides is 1. The van der Waals surface area contributed by atoms with Crippen LogP contribution in [0, 0.1) is 5.92 Å². The monoisotopic (exact) mass is 308 g/mol. The first-order valence-corrected chi connectivity index (χ1v) is 7.99. The molecular weight excluding hydrogens is 284 g/mol. The molecule has 116 valence electrons. The van der Waals surface area contributed by atoms with Crippen molar-refractivity contribution in [1.82, 2.24) is 9.80 Å². The zero-order chi connectivity index (χ0) is 15.6. The van der Waals surface area contributed by atoms with Crippen molar-refractivity contribution in [3.8, 4) is 0 Å². The smallest absolute Gasteiger partial charge is 0.236 e. The average Bonchev–Trinajstić information content (AvgIpc) is 3.30. The Morgan fingerprint density at radius 3 is 2.33 bits per heavy atom. The van der Waals surface area contributed by atoms with Crippen molar-refractivity contribution >= 4 is 17.5 Å². The summed E-state index contributed by atoms with van der Waals surface area (Å²) in [5.74, 6) is 0.939. The van der Waals surface area contributed by atoms with Gasteiger partial charge in [-0.05, 0) is 57.4 Å². The van der Waals surface area contributed by atoms with Crippen LogP contribution < -0.4 is 0 Å². The summed E-state index contributed by atoms with van der Waals surface area (Å²) in [5.41, 5.74) is 1.10. The van der Waals surface area contributed by atoms with E-state index in [2.05, 4.69) is 11.8 Å². The molecule has 0 radical (unpaired) electrons. The Morgan fingerprint density at radius 2 is 1.81 bits per heavy atom. The lowest BCUT2D eigenvalue weighted by atomic mass is 10.1. The molecule has 21 heavy (non-hydrogen) atoms. The third-order valence-corrected chi connectivity index (χ3v) is 4.96. The van der Waals surface area contributed by atoms with Crippen LogP contribution in [0.15, 0.2) is 24.3 Å². The average molecular weight is 309 g/mol. The van der Waals surface area contributed by atoms with E-state index >= 15 is 0 Å². The van der Waals surface area contributed by atoms with Crippen LogP contribution in [-0.4, -0.2) is 42.4 Å². The highest BCUT2D eigenvalue weighted by atomic mass is 35.5. The minimum atomic E-state index is 0.0550. The highest BCUT2D eigenvalue weighted by Crippen LogP contribution is 2.34. The van der Waals surface area contributed by atoms with Crippen molar-refractivity contribution in [2.45, 2.75) is 38.8 Å². The van der Waals surface area contributed by atoms with Crippen molar-refractivity contribution in [1.29, 1.82) is 0 Å². The first-order chi connectivity index (χ1) is 9.90. The second kappa shape index (κ2) is 6.80. The molecule has 4 heteroatoms. The molecule has 1 amide bonds. The highest BCUT2D eigenvalue weighted by molar-refractivity contribution is 6.30. The van der Waals surface area contributed by atoms with Gasteiger partial charge >= 0.3 is 0 Å². The van der Waals surface area contributed by atoms with Crippen molar-refractivity contribution in [3.05, 3.63) is 34.9 Å². The molecule has 1 aliphatic rings. The van der Waals surface area contributed by atoms with Crippen LogP contribution in [0.3, 0.4) is 0 Å². The predicted octanol–water partition coefficient (Wildman–Crippen LogP) is 3.59. The molecule has 1 aromatic rings. The van der Waals surface area contributed by atoms with Crippen LogP contribution in [-0.2, 0) is 4.79 Å². The lowest BCUT2D eigenvalue weighted by molar-refractivity contribution is -0.133. The van der Waals surface area contributed by atoms with E-state index in [9.17, 15) is 4.79 Å². The van der Waals surface area contributed by atoms with E-state index < -0.39 is 0 Å². The first-order valence-electron chi connectivity index (χ1n) is 7.61. The lowest BCUT2D eigenvalue weighted by Gasteiger charge is -2.30. The zero-order valence-electron chi connectivity index (χ0n) is 13.3. The highest BCUT2D eigenvalue weighted by Gasteiger charge is 2.31. The SMILES string of the molecule is C[C@H](c1ccc(Cl)cc1)N(C)C(=O)CN(C)[C@@H](C)C1CC1.